The monoisotopic (exact) mass is 213 g/mol. The van der Waals surface area contributed by atoms with E-state index in [-0.39, 0.29) is 0 Å². The van der Waals surface area contributed by atoms with Crippen LogP contribution in [-0.2, 0) is 9.63 Å². The Morgan fingerprint density at radius 2 is 1.79 bits per heavy atom. The molecule has 0 bridgehead atoms. The SMILES string of the molecule is CC(C)(C)ONC(=O)CCC(F)(F)F. The van der Waals surface area contributed by atoms with Crippen LogP contribution in [0.1, 0.15) is 33.6 Å². The molecular formula is C8H14F3NO2. The van der Waals surface area contributed by atoms with Crippen LogP contribution in [0, 0.1) is 0 Å². The second-order valence-corrected chi connectivity index (χ2v) is 3.85. The van der Waals surface area contributed by atoms with Gasteiger partial charge in [-0.3, -0.25) is 9.63 Å². The molecule has 1 N–H and O–H groups in total. The van der Waals surface area contributed by atoms with E-state index in [0.29, 0.717) is 0 Å². The van der Waals surface area contributed by atoms with Crippen molar-refractivity contribution >= 4 is 5.91 Å². The zero-order chi connectivity index (χ0) is 11.4. The molecule has 0 fully saturated rings. The molecule has 14 heavy (non-hydrogen) atoms. The average molecular weight is 213 g/mol. The highest BCUT2D eigenvalue weighted by molar-refractivity contribution is 5.74. The van der Waals surface area contributed by atoms with E-state index in [1.807, 2.05) is 5.48 Å². The number of hydroxylamine groups is 1. The van der Waals surface area contributed by atoms with Crippen LogP contribution in [0.2, 0.25) is 0 Å². The van der Waals surface area contributed by atoms with Gasteiger partial charge in [-0.05, 0) is 20.8 Å². The number of alkyl halides is 3. The van der Waals surface area contributed by atoms with E-state index in [9.17, 15) is 18.0 Å². The summed E-state index contributed by atoms with van der Waals surface area (Å²) in [6.07, 6.45) is -6.05. The van der Waals surface area contributed by atoms with Crippen LogP contribution in [0.5, 0.6) is 0 Å². The quantitative estimate of drug-likeness (QED) is 0.729. The lowest BCUT2D eigenvalue weighted by atomic mass is 10.2. The predicted octanol–water partition coefficient (Wildman–Crippen LogP) is 2.18. The number of hydrogen-bond acceptors (Lipinski definition) is 2. The Morgan fingerprint density at radius 3 is 2.14 bits per heavy atom. The molecule has 0 saturated heterocycles. The first-order valence-corrected chi connectivity index (χ1v) is 4.14. The summed E-state index contributed by atoms with van der Waals surface area (Å²) in [5.41, 5.74) is 1.35. The number of nitrogens with one attached hydrogen (secondary N) is 1. The summed E-state index contributed by atoms with van der Waals surface area (Å²) >= 11 is 0. The second-order valence-electron chi connectivity index (χ2n) is 3.85. The van der Waals surface area contributed by atoms with E-state index in [1.54, 1.807) is 20.8 Å². The van der Waals surface area contributed by atoms with E-state index in [4.69, 9.17) is 4.84 Å². The molecule has 6 heteroatoms. The van der Waals surface area contributed by atoms with Crippen molar-refractivity contribution in [2.75, 3.05) is 0 Å². The molecule has 0 heterocycles. The van der Waals surface area contributed by atoms with Crippen molar-refractivity contribution in [3.8, 4) is 0 Å². The minimum atomic E-state index is -4.31. The first-order valence-electron chi connectivity index (χ1n) is 4.14. The highest BCUT2D eigenvalue weighted by atomic mass is 19.4. The lowest BCUT2D eigenvalue weighted by molar-refractivity contribution is -0.156. The average Bonchev–Trinajstić information content (AvgIpc) is 1.94. The second kappa shape index (κ2) is 4.63. The Labute approximate surface area is 80.6 Å². The number of amides is 1. The molecular weight excluding hydrogens is 199 g/mol. The molecule has 0 rings (SSSR count). The van der Waals surface area contributed by atoms with Gasteiger partial charge in [0.1, 0.15) is 0 Å². The topological polar surface area (TPSA) is 38.3 Å². The number of halogens is 3. The summed E-state index contributed by atoms with van der Waals surface area (Å²) in [5, 5.41) is 0. The van der Waals surface area contributed by atoms with Gasteiger partial charge in [-0.1, -0.05) is 0 Å². The smallest absolute Gasteiger partial charge is 0.273 e. The van der Waals surface area contributed by atoms with Gasteiger partial charge in [-0.2, -0.15) is 13.2 Å². The molecule has 0 atom stereocenters. The van der Waals surface area contributed by atoms with Gasteiger partial charge in [0.2, 0.25) is 5.91 Å². The fourth-order valence-corrected chi connectivity index (χ4v) is 0.516. The van der Waals surface area contributed by atoms with Crippen LogP contribution >= 0.6 is 0 Å². The Balaban J connectivity index is 3.68. The first-order chi connectivity index (χ1) is 6.10. The largest absolute Gasteiger partial charge is 0.389 e. The Morgan fingerprint density at radius 1 is 1.29 bits per heavy atom. The molecule has 84 valence electrons. The highest BCUT2D eigenvalue weighted by Crippen LogP contribution is 2.21. The van der Waals surface area contributed by atoms with Crippen LogP contribution < -0.4 is 5.48 Å². The Hall–Kier alpha value is -0.780. The summed E-state index contributed by atoms with van der Waals surface area (Å²) in [5.74, 6) is -0.766. The van der Waals surface area contributed by atoms with Gasteiger partial charge in [0.05, 0.1) is 12.0 Å². The fraction of sp³-hybridized carbons (Fsp3) is 0.875. The van der Waals surface area contributed by atoms with Crippen molar-refractivity contribution in [2.45, 2.75) is 45.4 Å². The maximum atomic E-state index is 11.7. The molecule has 0 aliphatic heterocycles. The summed E-state index contributed by atoms with van der Waals surface area (Å²) in [4.78, 5) is 15.6. The Kier molecular flexibility index (Phi) is 4.38. The Bertz CT molecular complexity index is 176. The standard InChI is InChI=1S/C8H14F3NO2/c1-7(2,3)14-12-6(13)4-5-8(9,10)11/h4-5H2,1-3H3,(H,12,13). The van der Waals surface area contributed by atoms with Gasteiger partial charge >= 0.3 is 6.18 Å². The molecule has 0 saturated carbocycles. The normalized spacial score (nSPS) is 12.7. The van der Waals surface area contributed by atoms with Crippen LogP contribution in [0.25, 0.3) is 0 Å². The van der Waals surface area contributed by atoms with Gasteiger partial charge in [0, 0.05) is 6.42 Å². The van der Waals surface area contributed by atoms with E-state index in [1.165, 1.54) is 0 Å². The van der Waals surface area contributed by atoms with Crippen LogP contribution in [0.3, 0.4) is 0 Å². The van der Waals surface area contributed by atoms with E-state index in [2.05, 4.69) is 0 Å². The third-order valence-electron chi connectivity index (χ3n) is 1.11. The van der Waals surface area contributed by atoms with Crippen molar-refractivity contribution in [1.82, 2.24) is 5.48 Å². The molecule has 0 aromatic heterocycles. The molecule has 0 spiro atoms. The minimum Gasteiger partial charge on any atom is -0.273 e. The summed E-state index contributed by atoms with van der Waals surface area (Å²) in [6, 6.07) is 0. The molecule has 0 aromatic rings. The van der Waals surface area contributed by atoms with Crippen molar-refractivity contribution in [3.63, 3.8) is 0 Å². The van der Waals surface area contributed by atoms with E-state index < -0.39 is 30.5 Å². The number of carbonyl (C=O) groups excluding carboxylic acids is 1. The fourth-order valence-electron chi connectivity index (χ4n) is 0.516. The summed E-state index contributed by atoms with van der Waals surface area (Å²) in [6.45, 7) is 5.03. The maximum absolute atomic E-state index is 11.7. The first kappa shape index (κ1) is 13.2. The van der Waals surface area contributed by atoms with Crippen molar-refractivity contribution in [1.29, 1.82) is 0 Å². The number of carbonyl (C=O) groups is 1. The zero-order valence-corrected chi connectivity index (χ0v) is 8.36. The van der Waals surface area contributed by atoms with Crippen LogP contribution in [0.4, 0.5) is 13.2 Å². The highest BCUT2D eigenvalue weighted by Gasteiger charge is 2.28. The van der Waals surface area contributed by atoms with Gasteiger partial charge in [-0.15, -0.1) is 0 Å². The molecule has 0 aromatic carbocycles. The molecule has 0 unspecified atom stereocenters. The minimum absolute atomic E-state index is 0.603. The molecule has 0 radical (unpaired) electrons. The van der Waals surface area contributed by atoms with Gasteiger partial charge < -0.3 is 0 Å². The lowest BCUT2D eigenvalue weighted by Gasteiger charge is -2.18. The number of hydrogen-bond donors (Lipinski definition) is 1. The van der Waals surface area contributed by atoms with Crippen molar-refractivity contribution in [2.24, 2.45) is 0 Å². The third kappa shape index (κ3) is 9.31. The van der Waals surface area contributed by atoms with Gasteiger partial charge in [0.15, 0.2) is 0 Å². The predicted molar refractivity (Wildman–Crippen MR) is 44.3 cm³/mol. The molecule has 3 nitrogen and oxygen atoms in total. The molecule has 0 aliphatic rings. The van der Waals surface area contributed by atoms with Gasteiger partial charge in [0.25, 0.3) is 0 Å². The van der Waals surface area contributed by atoms with Crippen LogP contribution in [0.15, 0.2) is 0 Å². The lowest BCUT2D eigenvalue weighted by Crippen LogP contribution is -2.34. The third-order valence-corrected chi connectivity index (χ3v) is 1.11. The van der Waals surface area contributed by atoms with E-state index in [0.717, 1.165) is 0 Å². The van der Waals surface area contributed by atoms with Gasteiger partial charge in [-0.25, -0.2) is 5.48 Å². The van der Waals surface area contributed by atoms with Crippen molar-refractivity contribution < 1.29 is 22.8 Å². The maximum Gasteiger partial charge on any atom is 0.389 e. The van der Waals surface area contributed by atoms with Crippen LogP contribution in [-0.4, -0.2) is 17.7 Å². The summed E-state index contributed by atoms with van der Waals surface area (Å²) < 4.78 is 35.0. The zero-order valence-electron chi connectivity index (χ0n) is 8.36. The number of rotatable bonds is 3. The van der Waals surface area contributed by atoms with Crippen molar-refractivity contribution in [3.05, 3.63) is 0 Å². The van der Waals surface area contributed by atoms with E-state index >= 15 is 0 Å². The summed E-state index contributed by atoms with van der Waals surface area (Å²) in [7, 11) is 0. The molecule has 1 amide bonds. The molecule has 0 aliphatic carbocycles.